The van der Waals surface area contributed by atoms with Gasteiger partial charge in [0, 0.05) is 12.2 Å². The third-order valence-electron chi connectivity index (χ3n) is 3.83. The Morgan fingerprint density at radius 2 is 1.95 bits per heavy atom. The highest BCUT2D eigenvalue weighted by Crippen LogP contribution is 2.25. The summed E-state index contributed by atoms with van der Waals surface area (Å²) in [5, 5.41) is 13.3. The molecule has 2 aromatic carbocycles. The van der Waals surface area contributed by atoms with Crippen molar-refractivity contribution >= 4 is 5.69 Å². The number of benzene rings is 2. The SMILES string of the molecule is OC(CNc1ccc2c(c1)CCC2)c1cccc(F)c1. The molecule has 1 unspecified atom stereocenters. The molecule has 2 nitrogen and oxygen atoms in total. The maximum atomic E-state index is 13.1. The number of rotatable bonds is 4. The van der Waals surface area contributed by atoms with Gasteiger partial charge >= 0.3 is 0 Å². The van der Waals surface area contributed by atoms with Crippen molar-refractivity contribution in [3.8, 4) is 0 Å². The molecular weight excluding hydrogens is 253 g/mol. The van der Waals surface area contributed by atoms with Gasteiger partial charge < -0.3 is 10.4 Å². The summed E-state index contributed by atoms with van der Waals surface area (Å²) in [6, 6.07) is 12.4. The van der Waals surface area contributed by atoms with Crippen LogP contribution in [0.2, 0.25) is 0 Å². The number of nitrogens with one attached hydrogen (secondary N) is 1. The highest BCUT2D eigenvalue weighted by molar-refractivity contribution is 5.50. The largest absolute Gasteiger partial charge is 0.387 e. The van der Waals surface area contributed by atoms with Gasteiger partial charge in [0.05, 0.1) is 6.10 Å². The summed E-state index contributed by atoms with van der Waals surface area (Å²) in [4.78, 5) is 0. The van der Waals surface area contributed by atoms with Gasteiger partial charge in [-0.1, -0.05) is 18.2 Å². The first kappa shape index (κ1) is 13.1. The third-order valence-corrected chi connectivity index (χ3v) is 3.83. The second kappa shape index (κ2) is 5.63. The predicted molar refractivity (Wildman–Crippen MR) is 78.3 cm³/mol. The Bertz CT molecular complexity index is 612. The van der Waals surface area contributed by atoms with Crippen molar-refractivity contribution in [2.45, 2.75) is 25.4 Å². The van der Waals surface area contributed by atoms with Crippen LogP contribution in [0.1, 0.15) is 29.2 Å². The summed E-state index contributed by atoms with van der Waals surface area (Å²) in [6.07, 6.45) is 2.82. The number of fused-ring (bicyclic) bond motifs is 1. The smallest absolute Gasteiger partial charge is 0.123 e. The zero-order valence-corrected chi connectivity index (χ0v) is 11.3. The highest BCUT2D eigenvalue weighted by atomic mass is 19.1. The van der Waals surface area contributed by atoms with E-state index >= 15 is 0 Å². The van der Waals surface area contributed by atoms with Gasteiger partial charge in [-0.25, -0.2) is 4.39 Å². The maximum Gasteiger partial charge on any atom is 0.123 e. The molecule has 3 heteroatoms. The molecule has 2 N–H and O–H groups in total. The van der Waals surface area contributed by atoms with Crippen molar-refractivity contribution < 1.29 is 9.50 Å². The third kappa shape index (κ3) is 2.83. The van der Waals surface area contributed by atoms with Gasteiger partial charge in [0.2, 0.25) is 0 Å². The van der Waals surface area contributed by atoms with Crippen molar-refractivity contribution in [2.24, 2.45) is 0 Å². The van der Waals surface area contributed by atoms with E-state index in [1.54, 1.807) is 12.1 Å². The number of aliphatic hydroxyl groups is 1. The zero-order chi connectivity index (χ0) is 13.9. The molecule has 1 aliphatic rings. The van der Waals surface area contributed by atoms with Crippen LogP contribution in [-0.2, 0) is 12.8 Å². The first-order valence-corrected chi connectivity index (χ1v) is 7.01. The number of aryl methyl sites for hydroxylation is 2. The summed E-state index contributed by atoms with van der Waals surface area (Å²) >= 11 is 0. The zero-order valence-electron chi connectivity index (χ0n) is 11.3. The average molecular weight is 271 g/mol. The van der Waals surface area contributed by atoms with E-state index in [1.165, 1.54) is 36.1 Å². The van der Waals surface area contributed by atoms with Crippen LogP contribution in [-0.4, -0.2) is 11.7 Å². The van der Waals surface area contributed by atoms with Crippen LogP contribution >= 0.6 is 0 Å². The van der Waals surface area contributed by atoms with E-state index in [1.807, 2.05) is 6.07 Å². The summed E-state index contributed by atoms with van der Waals surface area (Å²) < 4.78 is 13.1. The molecule has 0 aromatic heterocycles. The minimum absolute atomic E-state index is 0.320. The van der Waals surface area contributed by atoms with Gasteiger partial charge in [0.15, 0.2) is 0 Å². The van der Waals surface area contributed by atoms with Crippen molar-refractivity contribution in [2.75, 3.05) is 11.9 Å². The molecule has 20 heavy (non-hydrogen) atoms. The molecule has 0 fully saturated rings. The number of hydrogen-bond acceptors (Lipinski definition) is 2. The van der Waals surface area contributed by atoms with E-state index < -0.39 is 6.10 Å². The standard InChI is InChI=1S/C17H18FNO/c18-15-6-2-5-14(9-15)17(20)11-19-16-8-7-12-3-1-4-13(12)10-16/h2,5-10,17,19-20H,1,3-4,11H2. The quantitative estimate of drug-likeness (QED) is 0.892. The lowest BCUT2D eigenvalue weighted by atomic mass is 10.1. The second-order valence-electron chi connectivity index (χ2n) is 5.29. The molecule has 0 spiro atoms. The Morgan fingerprint density at radius 1 is 1.10 bits per heavy atom. The molecular formula is C17H18FNO. The topological polar surface area (TPSA) is 32.3 Å². The molecule has 3 rings (SSSR count). The van der Waals surface area contributed by atoms with Crippen LogP contribution < -0.4 is 5.32 Å². The van der Waals surface area contributed by atoms with Crippen LogP contribution in [0, 0.1) is 5.82 Å². The molecule has 2 aromatic rings. The summed E-state index contributed by atoms with van der Waals surface area (Å²) in [5.74, 6) is -0.320. The molecule has 0 aliphatic heterocycles. The Balaban J connectivity index is 1.64. The Hall–Kier alpha value is -1.87. The van der Waals surface area contributed by atoms with Crippen LogP contribution in [0.5, 0.6) is 0 Å². The van der Waals surface area contributed by atoms with E-state index in [0.717, 1.165) is 12.1 Å². The van der Waals surface area contributed by atoms with Crippen molar-refractivity contribution in [1.82, 2.24) is 0 Å². The monoisotopic (exact) mass is 271 g/mol. The summed E-state index contributed by atoms with van der Waals surface area (Å²) in [6.45, 7) is 0.377. The summed E-state index contributed by atoms with van der Waals surface area (Å²) in [5.41, 5.74) is 4.44. The second-order valence-corrected chi connectivity index (χ2v) is 5.29. The lowest BCUT2D eigenvalue weighted by Crippen LogP contribution is -2.12. The molecule has 1 aliphatic carbocycles. The van der Waals surface area contributed by atoms with E-state index in [-0.39, 0.29) is 5.82 Å². The lowest BCUT2D eigenvalue weighted by Gasteiger charge is -2.14. The molecule has 0 radical (unpaired) electrons. The fraction of sp³-hybridized carbons (Fsp3) is 0.294. The van der Waals surface area contributed by atoms with Gasteiger partial charge in [-0.05, 0) is 60.2 Å². The van der Waals surface area contributed by atoms with Crippen LogP contribution in [0.3, 0.4) is 0 Å². The number of aliphatic hydroxyl groups excluding tert-OH is 1. The Morgan fingerprint density at radius 3 is 2.80 bits per heavy atom. The Kier molecular flexibility index (Phi) is 3.70. The van der Waals surface area contributed by atoms with Gasteiger partial charge in [-0.2, -0.15) is 0 Å². The fourth-order valence-corrected chi connectivity index (χ4v) is 2.73. The van der Waals surface area contributed by atoms with E-state index in [4.69, 9.17) is 0 Å². The van der Waals surface area contributed by atoms with E-state index in [9.17, 15) is 9.50 Å². The van der Waals surface area contributed by atoms with Gasteiger partial charge in [0.1, 0.15) is 5.82 Å². The molecule has 0 amide bonds. The normalized spacial score (nSPS) is 14.9. The van der Waals surface area contributed by atoms with Crippen molar-refractivity contribution in [3.05, 3.63) is 65.0 Å². The number of anilines is 1. The minimum Gasteiger partial charge on any atom is -0.387 e. The van der Waals surface area contributed by atoms with Crippen LogP contribution in [0.25, 0.3) is 0 Å². The maximum absolute atomic E-state index is 13.1. The van der Waals surface area contributed by atoms with Crippen LogP contribution in [0.4, 0.5) is 10.1 Å². The lowest BCUT2D eigenvalue weighted by molar-refractivity contribution is 0.191. The van der Waals surface area contributed by atoms with Crippen LogP contribution in [0.15, 0.2) is 42.5 Å². The van der Waals surface area contributed by atoms with Crippen molar-refractivity contribution in [3.63, 3.8) is 0 Å². The average Bonchev–Trinajstić information content (AvgIpc) is 2.92. The first-order chi connectivity index (χ1) is 9.72. The fourth-order valence-electron chi connectivity index (χ4n) is 2.73. The predicted octanol–water partition coefficient (Wildman–Crippen LogP) is 3.46. The Labute approximate surface area is 118 Å². The number of hydrogen-bond donors (Lipinski definition) is 2. The molecule has 0 saturated carbocycles. The molecule has 0 bridgehead atoms. The van der Waals surface area contributed by atoms with Gasteiger partial charge in [-0.15, -0.1) is 0 Å². The minimum atomic E-state index is -0.709. The van der Waals surface area contributed by atoms with Crippen molar-refractivity contribution in [1.29, 1.82) is 0 Å². The van der Waals surface area contributed by atoms with Gasteiger partial charge in [-0.3, -0.25) is 0 Å². The van der Waals surface area contributed by atoms with E-state index in [0.29, 0.717) is 12.1 Å². The van der Waals surface area contributed by atoms with Gasteiger partial charge in [0.25, 0.3) is 0 Å². The van der Waals surface area contributed by atoms with E-state index in [2.05, 4.69) is 17.4 Å². The highest BCUT2D eigenvalue weighted by Gasteiger charge is 2.12. The first-order valence-electron chi connectivity index (χ1n) is 7.01. The molecule has 0 heterocycles. The molecule has 0 saturated heterocycles. The molecule has 1 atom stereocenters. The summed E-state index contributed by atoms with van der Waals surface area (Å²) in [7, 11) is 0. The number of halogens is 1. The molecule has 104 valence electrons.